The van der Waals surface area contributed by atoms with Crippen molar-refractivity contribution in [3.63, 3.8) is 0 Å². The summed E-state index contributed by atoms with van der Waals surface area (Å²) >= 11 is 1.83. The minimum absolute atomic E-state index is 1.04. The fraction of sp³-hybridized carbons (Fsp3) is 0. The summed E-state index contributed by atoms with van der Waals surface area (Å²) in [5.41, 5.74) is 7.12. The van der Waals surface area contributed by atoms with Gasteiger partial charge in [0.05, 0.1) is 10.6 Å². The van der Waals surface area contributed by atoms with Gasteiger partial charge in [-0.2, -0.15) is 0 Å². The predicted molar refractivity (Wildman–Crippen MR) is 141 cm³/mol. The molecule has 0 aliphatic rings. The largest absolute Gasteiger partial charge is 0.255 e. The number of benzene rings is 4. The van der Waals surface area contributed by atoms with Gasteiger partial charge < -0.3 is 0 Å². The highest BCUT2D eigenvalue weighted by molar-refractivity contribution is 7.21. The zero-order chi connectivity index (χ0) is 22.0. The fourth-order valence-corrected chi connectivity index (χ4v) is 5.78. The second-order valence-electron chi connectivity index (χ2n) is 7.98. The summed E-state index contributed by atoms with van der Waals surface area (Å²) in [7, 11) is 0. The van der Waals surface area contributed by atoms with Gasteiger partial charge in [-0.05, 0) is 22.8 Å². The summed E-state index contributed by atoms with van der Waals surface area (Å²) in [6, 6.07) is 42.8. The topological polar surface area (TPSA) is 12.9 Å². The molecule has 0 atom stereocenters. The van der Waals surface area contributed by atoms with Crippen LogP contribution >= 0.6 is 11.3 Å². The van der Waals surface area contributed by atoms with Crippen molar-refractivity contribution in [1.82, 2.24) is 4.98 Å². The summed E-state index contributed by atoms with van der Waals surface area (Å²) in [5, 5.41) is 2.52. The van der Waals surface area contributed by atoms with Gasteiger partial charge in [-0.3, -0.25) is 4.98 Å². The van der Waals surface area contributed by atoms with Gasteiger partial charge in [-0.1, -0.05) is 115 Å². The Balaban J connectivity index is 1.61. The molecule has 2 heteroatoms. The molecule has 0 saturated heterocycles. The van der Waals surface area contributed by atoms with Crippen molar-refractivity contribution in [2.24, 2.45) is 0 Å². The zero-order valence-corrected chi connectivity index (χ0v) is 18.8. The Kier molecular flexibility index (Phi) is 5.06. The molecule has 0 unspecified atom stereocenters. The van der Waals surface area contributed by atoms with Gasteiger partial charge in [-0.25, -0.2) is 0 Å². The molecule has 6 rings (SSSR count). The molecular formula is C31H21NS. The third-order valence-electron chi connectivity index (χ3n) is 5.98. The molecule has 0 spiro atoms. The highest BCUT2D eigenvalue weighted by Crippen LogP contribution is 2.47. The van der Waals surface area contributed by atoms with Crippen molar-refractivity contribution in [2.75, 3.05) is 0 Å². The van der Waals surface area contributed by atoms with E-state index in [-0.39, 0.29) is 0 Å². The number of hydrogen-bond donors (Lipinski definition) is 0. The Morgan fingerprint density at radius 3 is 1.64 bits per heavy atom. The molecule has 0 aliphatic heterocycles. The first-order valence-corrected chi connectivity index (χ1v) is 11.9. The van der Waals surface area contributed by atoms with Crippen molar-refractivity contribution in [1.29, 1.82) is 0 Å². The molecule has 156 valence electrons. The highest BCUT2D eigenvalue weighted by Gasteiger charge is 2.19. The minimum atomic E-state index is 1.04. The Bertz CT molecular complexity index is 1430. The molecule has 6 aromatic rings. The van der Waals surface area contributed by atoms with E-state index in [2.05, 4.69) is 115 Å². The van der Waals surface area contributed by atoms with Crippen LogP contribution in [-0.4, -0.2) is 4.98 Å². The van der Waals surface area contributed by atoms with E-state index in [1.165, 1.54) is 42.8 Å². The Hall–Kier alpha value is -4.01. The summed E-state index contributed by atoms with van der Waals surface area (Å²) in [4.78, 5) is 7.37. The van der Waals surface area contributed by atoms with Crippen LogP contribution in [0.4, 0.5) is 0 Å². The summed E-state index contributed by atoms with van der Waals surface area (Å²) in [6.45, 7) is 0. The van der Waals surface area contributed by atoms with Crippen LogP contribution in [0.2, 0.25) is 0 Å². The monoisotopic (exact) mass is 439 g/mol. The smallest absolute Gasteiger partial charge is 0.0886 e. The third kappa shape index (κ3) is 3.55. The molecule has 0 N–H and O–H groups in total. The second kappa shape index (κ2) is 8.50. The van der Waals surface area contributed by atoms with Gasteiger partial charge in [0, 0.05) is 33.0 Å². The average molecular weight is 440 g/mol. The van der Waals surface area contributed by atoms with Crippen LogP contribution in [-0.2, 0) is 0 Å². The van der Waals surface area contributed by atoms with Crippen molar-refractivity contribution >= 4 is 22.1 Å². The maximum atomic E-state index is 4.87. The van der Waals surface area contributed by atoms with E-state index in [1.54, 1.807) is 0 Å². The van der Waals surface area contributed by atoms with E-state index >= 15 is 0 Å². The summed E-state index contributed by atoms with van der Waals surface area (Å²) in [5.74, 6) is 0. The molecule has 0 saturated carbocycles. The van der Waals surface area contributed by atoms with Crippen molar-refractivity contribution in [2.45, 2.75) is 0 Å². The minimum Gasteiger partial charge on any atom is -0.255 e. The average Bonchev–Trinajstić information content (AvgIpc) is 3.29. The molecule has 0 radical (unpaired) electrons. The number of hydrogen-bond acceptors (Lipinski definition) is 2. The number of thiophene rings is 1. The van der Waals surface area contributed by atoms with Gasteiger partial charge in [0.25, 0.3) is 0 Å². The molecule has 1 nitrogen and oxygen atoms in total. The standard InChI is InChI=1S/C31H21NS/c1-3-12-22(13-4-1)24-16-7-8-17-26(24)30-27-18-9-10-19-28(27)31(33-30)29-25(20-11-21-32-29)23-14-5-2-6-15-23/h1-21H. The third-order valence-corrected chi connectivity index (χ3v) is 7.25. The number of fused-ring (bicyclic) bond motifs is 1. The first kappa shape index (κ1) is 19.7. The number of rotatable bonds is 4. The maximum absolute atomic E-state index is 4.87. The molecule has 0 aliphatic carbocycles. The zero-order valence-electron chi connectivity index (χ0n) is 18.0. The molecule has 33 heavy (non-hydrogen) atoms. The first-order valence-electron chi connectivity index (χ1n) is 11.1. The Labute approximate surface area is 197 Å². The van der Waals surface area contributed by atoms with E-state index < -0.39 is 0 Å². The van der Waals surface area contributed by atoms with Gasteiger partial charge in [0.15, 0.2) is 0 Å². The highest BCUT2D eigenvalue weighted by atomic mass is 32.1. The second-order valence-corrected chi connectivity index (χ2v) is 9.00. The van der Waals surface area contributed by atoms with Crippen LogP contribution in [0.1, 0.15) is 0 Å². The number of aromatic nitrogens is 1. The molecule has 2 aromatic heterocycles. The van der Waals surface area contributed by atoms with Crippen LogP contribution in [0.25, 0.3) is 54.0 Å². The van der Waals surface area contributed by atoms with Crippen LogP contribution in [0, 0.1) is 0 Å². The van der Waals surface area contributed by atoms with Gasteiger partial charge in [0.1, 0.15) is 0 Å². The molecular weight excluding hydrogens is 418 g/mol. The van der Waals surface area contributed by atoms with Crippen LogP contribution in [0.5, 0.6) is 0 Å². The van der Waals surface area contributed by atoms with Crippen molar-refractivity contribution in [3.05, 3.63) is 128 Å². The Morgan fingerprint density at radius 1 is 0.424 bits per heavy atom. The van der Waals surface area contributed by atoms with E-state index in [1.807, 2.05) is 23.6 Å². The van der Waals surface area contributed by atoms with Crippen LogP contribution in [0.3, 0.4) is 0 Å². The number of pyridine rings is 1. The molecule has 0 amide bonds. The summed E-state index contributed by atoms with van der Waals surface area (Å²) in [6.07, 6.45) is 1.90. The van der Waals surface area contributed by atoms with Crippen molar-refractivity contribution < 1.29 is 0 Å². The van der Waals surface area contributed by atoms with E-state index in [9.17, 15) is 0 Å². The lowest BCUT2D eigenvalue weighted by molar-refractivity contribution is 1.34. The van der Waals surface area contributed by atoms with E-state index in [0.29, 0.717) is 0 Å². The Morgan fingerprint density at radius 2 is 0.939 bits per heavy atom. The maximum Gasteiger partial charge on any atom is 0.0886 e. The van der Waals surface area contributed by atoms with E-state index in [0.717, 1.165) is 11.3 Å². The lowest BCUT2D eigenvalue weighted by Gasteiger charge is -2.09. The van der Waals surface area contributed by atoms with Gasteiger partial charge in [0.2, 0.25) is 0 Å². The van der Waals surface area contributed by atoms with Gasteiger partial charge >= 0.3 is 0 Å². The van der Waals surface area contributed by atoms with Crippen LogP contribution in [0.15, 0.2) is 128 Å². The first-order chi connectivity index (χ1) is 16.4. The number of nitrogens with zero attached hydrogens (tertiary/aromatic N) is 1. The molecule has 4 aromatic carbocycles. The lowest BCUT2D eigenvalue weighted by atomic mass is 9.96. The van der Waals surface area contributed by atoms with E-state index in [4.69, 9.17) is 4.98 Å². The molecule has 0 bridgehead atoms. The predicted octanol–water partition coefficient (Wildman–Crippen LogP) is 8.96. The molecule has 0 fully saturated rings. The quantitative estimate of drug-likeness (QED) is 0.267. The fourth-order valence-electron chi connectivity index (χ4n) is 4.45. The summed E-state index contributed by atoms with van der Waals surface area (Å²) < 4.78 is 0. The van der Waals surface area contributed by atoms with Crippen LogP contribution < -0.4 is 0 Å². The SMILES string of the molecule is c1ccc(-c2ccccc2-c2sc(-c3ncccc3-c3ccccc3)c3ccccc23)cc1. The lowest BCUT2D eigenvalue weighted by Crippen LogP contribution is -1.86. The molecule has 2 heterocycles. The van der Waals surface area contributed by atoms with Gasteiger partial charge in [-0.15, -0.1) is 11.3 Å². The normalized spacial score (nSPS) is 11.0. The van der Waals surface area contributed by atoms with Crippen molar-refractivity contribution in [3.8, 4) is 43.3 Å².